The molecule has 0 radical (unpaired) electrons. The van der Waals surface area contributed by atoms with Crippen LogP contribution in [-0.4, -0.2) is 65.9 Å². The summed E-state index contributed by atoms with van der Waals surface area (Å²) in [4.78, 5) is 20.9. The van der Waals surface area contributed by atoms with Crippen LogP contribution in [0.1, 0.15) is 19.8 Å². The van der Waals surface area contributed by atoms with Crippen molar-refractivity contribution in [2.45, 2.75) is 38.6 Å². The number of ether oxygens (including phenoxy) is 1. The highest BCUT2D eigenvalue weighted by Gasteiger charge is 2.47. The van der Waals surface area contributed by atoms with E-state index in [1.807, 2.05) is 28.9 Å². The Bertz CT molecular complexity index is 1660. The number of benzene rings is 1. The van der Waals surface area contributed by atoms with E-state index in [4.69, 9.17) is 32.0 Å². The van der Waals surface area contributed by atoms with E-state index in [0.29, 0.717) is 22.8 Å². The molecule has 37 heavy (non-hydrogen) atoms. The summed E-state index contributed by atoms with van der Waals surface area (Å²) in [6.07, 6.45) is 10.8. The van der Waals surface area contributed by atoms with E-state index < -0.39 is 0 Å². The number of anilines is 1. The first-order valence-corrected chi connectivity index (χ1v) is 12.9. The van der Waals surface area contributed by atoms with Gasteiger partial charge >= 0.3 is 0 Å². The van der Waals surface area contributed by atoms with Gasteiger partial charge in [0.15, 0.2) is 5.65 Å². The largest absolute Gasteiger partial charge is 0.376 e. The molecule has 0 saturated carbocycles. The summed E-state index contributed by atoms with van der Waals surface area (Å²) < 4.78 is 9.65. The molecule has 6 heterocycles. The number of piperidine rings is 1. The van der Waals surface area contributed by atoms with Gasteiger partial charge in [-0.15, -0.1) is 0 Å². The lowest BCUT2D eigenvalue weighted by molar-refractivity contribution is 0.0973. The zero-order valence-electron chi connectivity index (χ0n) is 20.4. The lowest BCUT2D eigenvalue weighted by Crippen LogP contribution is -2.51. The van der Waals surface area contributed by atoms with Crippen molar-refractivity contribution in [3.05, 3.63) is 48.1 Å². The van der Waals surface area contributed by atoms with Gasteiger partial charge in [0.1, 0.15) is 17.9 Å². The molecule has 7 rings (SSSR count). The summed E-state index contributed by atoms with van der Waals surface area (Å²) in [6, 6.07) is 3.88. The summed E-state index contributed by atoms with van der Waals surface area (Å²) in [5, 5.41) is 11.6. The molecular formula is C26H27ClN8O2. The van der Waals surface area contributed by atoms with E-state index >= 15 is 0 Å². The van der Waals surface area contributed by atoms with Crippen LogP contribution in [0.3, 0.4) is 0 Å². The molecule has 2 aliphatic heterocycles. The number of hydrogen-bond donors (Lipinski definition) is 2. The van der Waals surface area contributed by atoms with Crippen LogP contribution >= 0.6 is 11.6 Å². The molecule has 2 saturated heterocycles. The zero-order valence-corrected chi connectivity index (χ0v) is 21.1. The molecule has 3 N–H and O–H groups in total. The SMILES string of the molecule is C[C@@H]1OCC2(CCN(c3nc4c(c(-c5ccc6nccnc6c5Cl)cn4CO)c4nccn34)CC2)[C@@H]1N. The van der Waals surface area contributed by atoms with Crippen molar-refractivity contribution < 1.29 is 9.84 Å². The fourth-order valence-electron chi connectivity index (χ4n) is 6.06. The number of aliphatic hydroxyl groups excluding tert-OH is 1. The fraction of sp³-hybridized carbons (Fsp3) is 0.385. The van der Waals surface area contributed by atoms with E-state index in [1.165, 1.54) is 0 Å². The third-order valence-electron chi connectivity index (χ3n) is 8.25. The van der Waals surface area contributed by atoms with E-state index in [9.17, 15) is 5.11 Å². The van der Waals surface area contributed by atoms with Crippen LogP contribution in [0, 0.1) is 5.41 Å². The Morgan fingerprint density at radius 3 is 2.68 bits per heavy atom. The Hall–Kier alpha value is -3.31. The molecule has 1 spiro atoms. The van der Waals surface area contributed by atoms with Crippen molar-refractivity contribution in [3.63, 3.8) is 0 Å². The van der Waals surface area contributed by atoms with Gasteiger partial charge in [0.2, 0.25) is 5.95 Å². The maximum atomic E-state index is 10.3. The number of imidazole rings is 1. The molecule has 2 aliphatic rings. The van der Waals surface area contributed by atoms with Gasteiger partial charge in [0.05, 0.1) is 28.6 Å². The number of nitrogens with two attached hydrogens (primary N) is 1. The zero-order chi connectivity index (χ0) is 25.3. The highest BCUT2D eigenvalue weighted by molar-refractivity contribution is 6.38. The van der Waals surface area contributed by atoms with Gasteiger partial charge in [0.25, 0.3) is 0 Å². The predicted molar refractivity (Wildman–Crippen MR) is 142 cm³/mol. The van der Waals surface area contributed by atoms with Gasteiger partial charge < -0.3 is 25.0 Å². The number of fused-ring (bicyclic) bond motifs is 4. The molecule has 4 aromatic heterocycles. The number of aromatic nitrogens is 6. The summed E-state index contributed by atoms with van der Waals surface area (Å²) >= 11 is 6.84. The molecule has 11 heteroatoms. The molecule has 0 unspecified atom stereocenters. The summed E-state index contributed by atoms with van der Waals surface area (Å²) in [6.45, 7) is 4.18. The first-order chi connectivity index (χ1) is 18.0. The van der Waals surface area contributed by atoms with E-state index in [-0.39, 0.29) is 24.3 Å². The van der Waals surface area contributed by atoms with Crippen LogP contribution in [0.2, 0.25) is 5.02 Å². The molecule has 2 fully saturated rings. The van der Waals surface area contributed by atoms with Gasteiger partial charge in [-0.3, -0.25) is 14.4 Å². The van der Waals surface area contributed by atoms with Crippen LogP contribution in [-0.2, 0) is 11.5 Å². The van der Waals surface area contributed by atoms with Crippen molar-refractivity contribution in [2.75, 3.05) is 24.6 Å². The van der Waals surface area contributed by atoms with E-state index in [1.54, 1.807) is 23.2 Å². The van der Waals surface area contributed by atoms with Gasteiger partial charge in [-0.25, -0.2) is 4.98 Å². The average molecular weight is 519 g/mol. The molecular weight excluding hydrogens is 492 g/mol. The van der Waals surface area contributed by atoms with E-state index in [0.717, 1.165) is 59.6 Å². The van der Waals surface area contributed by atoms with Gasteiger partial charge in [0, 0.05) is 66.7 Å². The van der Waals surface area contributed by atoms with Crippen molar-refractivity contribution in [1.82, 2.24) is 28.9 Å². The maximum Gasteiger partial charge on any atom is 0.213 e. The minimum Gasteiger partial charge on any atom is -0.376 e. The summed E-state index contributed by atoms with van der Waals surface area (Å²) in [5.41, 5.74) is 10.9. The Labute approximate surface area is 217 Å². The van der Waals surface area contributed by atoms with Crippen molar-refractivity contribution in [1.29, 1.82) is 0 Å². The van der Waals surface area contributed by atoms with Crippen molar-refractivity contribution in [3.8, 4) is 11.1 Å². The van der Waals surface area contributed by atoms with Gasteiger partial charge in [-0.2, -0.15) is 4.98 Å². The van der Waals surface area contributed by atoms with Crippen LogP contribution < -0.4 is 10.6 Å². The van der Waals surface area contributed by atoms with Crippen LogP contribution in [0.4, 0.5) is 5.95 Å². The molecule has 190 valence electrons. The molecule has 0 aliphatic carbocycles. The smallest absolute Gasteiger partial charge is 0.213 e. The first-order valence-electron chi connectivity index (χ1n) is 12.5. The van der Waals surface area contributed by atoms with Crippen LogP contribution in [0.15, 0.2) is 43.1 Å². The Morgan fingerprint density at radius 1 is 1.11 bits per heavy atom. The molecule has 1 aromatic carbocycles. The Balaban J connectivity index is 1.36. The van der Waals surface area contributed by atoms with Gasteiger partial charge in [-0.1, -0.05) is 17.7 Å². The maximum absolute atomic E-state index is 10.3. The molecule has 0 amide bonds. The topological polar surface area (TPSA) is 120 Å². The average Bonchev–Trinajstić information content (AvgIpc) is 3.62. The lowest BCUT2D eigenvalue weighted by atomic mass is 9.73. The second-order valence-electron chi connectivity index (χ2n) is 10.1. The number of nitrogens with zero attached hydrogens (tertiary/aromatic N) is 7. The second-order valence-corrected chi connectivity index (χ2v) is 10.5. The van der Waals surface area contributed by atoms with Crippen molar-refractivity contribution >= 4 is 45.3 Å². The monoisotopic (exact) mass is 518 g/mol. The molecule has 0 bridgehead atoms. The number of aliphatic hydroxyl groups is 1. The number of halogens is 1. The highest BCUT2D eigenvalue weighted by Crippen LogP contribution is 2.43. The second kappa shape index (κ2) is 8.35. The molecule has 2 atom stereocenters. The standard InChI is InChI=1S/C26H27ClN8O2/c1-15-22(28)26(13-37-15)4-9-33(10-5-26)25-32-24-19(23-31-8-11-35(23)25)17(12-34(24)14-36)16-2-3-18-21(20(16)27)30-7-6-29-18/h2-3,6-8,11-12,15,22,36H,4-5,9-10,13-14,28H2,1H3/t15-,22+/m0/s1. The summed E-state index contributed by atoms with van der Waals surface area (Å²) in [7, 11) is 0. The van der Waals surface area contributed by atoms with Crippen LogP contribution in [0.5, 0.6) is 0 Å². The van der Waals surface area contributed by atoms with E-state index in [2.05, 4.69) is 21.8 Å². The number of rotatable bonds is 3. The van der Waals surface area contributed by atoms with Crippen LogP contribution in [0.25, 0.3) is 38.8 Å². The quantitative estimate of drug-likeness (QED) is 0.373. The molecule has 5 aromatic rings. The van der Waals surface area contributed by atoms with Crippen molar-refractivity contribution in [2.24, 2.45) is 11.1 Å². The summed E-state index contributed by atoms with van der Waals surface area (Å²) in [5.74, 6) is 0.796. The minimum absolute atomic E-state index is 0.0162. The van der Waals surface area contributed by atoms with Gasteiger partial charge in [-0.05, 0) is 25.8 Å². The third kappa shape index (κ3) is 3.29. The minimum atomic E-state index is -0.224. The third-order valence-corrected chi connectivity index (χ3v) is 8.63. The normalized spacial score (nSPS) is 21.7. The lowest BCUT2D eigenvalue weighted by Gasteiger charge is -2.41. The molecule has 10 nitrogen and oxygen atoms in total. The Kier molecular flexibility index (Phi) is 5.16. The first kappa shape index (κ1) is 22.9. The fourth-order valence-corrected chi connectivity index (χ4v) is 6.37. The highest BCUT2D eigenvalue weighted by atomic mass is 35.5. The number of hydrogen-bond acceptors (Lipinski definition) is 8. The predicted octanol–water partition coefficient (Wildman–Crippen LogP) is 3.23. The Morgan fingerprint density at radius 2 is 1.92 bits per heavy atom.